The molecule has 0 bridgehead atoms. The Labute approximate surface area is 239 Å². The van der Waals surface area contributed by atoms with Gasteiger partial charge < -0.3 is 24.1 Å². The maximum Gasteiger partial charge on any atom is 0.338 e. The Balaban J connectivity index is 1.43. The summed E-state index contributed by atoms with van der Waals surface area (Å²) in [5, 5.41) is 11.5. The summed E-state index contributed by atoms with van der Waals surface area (Å²) in [5.41, 5.74) is 2.53. The molecule has 5 atom stereocenters. The molecule has 1 aliphatic rings. The van der Waals surface area contributed by atoms with E-state index in [9.17, 15) is 14.7 Å². The van der Waals surface area contributed by atoms with E-state index in [4.69, 9.17) is 18.9 Å². The zero-order chi connectivity index (χ0) is 28.4. The molecule has 210 valence electrons. The predicted octanol–water partition coefficient (Wildman–Crippen LogP) is 5.37. The van der Waals surface area contributed by atoms with E-state index >= 15 is 0 Å². The maximum atomic E-state index is 13.2. The first-order chi connectivity index (χ1) is 20.1. The highest BCUT2D eigenvalue weighted by Crippen LogP contribution is 2.32. The summed E-state index contributed by atoms with van der Waals surface area (Å²) in [6.07, 6.45) is -4.89. The third-order valence-corrected chi connectivity index (χ3v) is 6.98. The zero-order valence-corrected chi connectivity index (χ0v) is 22.5. The van der Waals surface area contributed by atoms with Crippen molar-refractivity contribution in [3.63, 3.8) is 0 Å². The van der Waals surface area contributed by atoms with E-state index in [1.807, 2.05) is 66.7 Å². The van der Waals surface area contributed by atoms with E-state index in [-0.39, 0.29) is 19.6 Å². The summed E-state index contributed by atoms with van der Waals surface area (Å²) in [6, 6.07) is 36.3. The monoisotopic (exact) mass is 552 g/mol. The first-order valence-corrected chi connectivity index (χ1v) is 13.6. The number of ether oxygens (including phenoxy) is 4. The molecule has 0 amide bonds. The van der Waals surface area contributed by atoms with Gasteiger partial charge in [-0.2, -0.15) is 0 Å². The third kappa shape index (κ3) is 7.46. The normalized spacial score (nSPS) is 22.0. The van der Waals surface area contributed by atoms with Crippen LogP contribution in [0.15, 0.2) is 121 Å². The minimum Gasteiger partial charge on any atom is -0.456 e. The number of carbonyl (C=O) groups is 2. The molecule has 41 heavy (non-hydrogen) atoms. The topological polar surface area (TPSA) is 91.3 Å². The van der Waals surface area contributed by atoms with Crippen molar-refractivity contribution in [1.29, 1.82) is 0 Å². The fraction of sp³-hybridized carbons (Fsp3) is 0.235. The summed E-state index contributed by atoms with van der Waals surface area (Å²) in [4.78, 5) is 26.1. The summed E-state index contributed by atoms with van der Waals surface area (Å²) in [5.74, 6) is -1.14. The van der Waals surface area contributed by atoms with Crippen LogP contribution in [-0.4, -0.2) is 47.6 Å². The second-order valence-electron chi connectivity index (χ2n) is 9.87. The van der Waals surface area contributed by atoms with E-state index in [2.05, 4.69) is 0 Å². The van der Waals surface area contributed by atoms with E-state index in [0.717, 1.165) is 11.1 Å². The average Bonchev–Trinajstić information content (AvgIpc) is 3.03. The van der Waals surface area contributed by atoms with Crippen molar-refractivity contribution >= 4 is 11.9 Å². The van der Waals surface area contributed by atoms with Crippen molar-refractivity contribution in [2.75, 3.05) is 0 Å². The highest BCUT2D eigenvalue weighted by molar-refractivity contribution is 5.90. The van der Waals surface area contributed by atoms with Crippen LogP contribution in [-0.2, 0) is 32.2 Å². The second kappa shape index (κ2) is 13.9. The van der Waals surface area contributed by atoms with Crippen LogP contribution in [0.25, 0.3) is 0 Å². The third-order valence-electron chi connectivity index (χ3n) is 6.98. The first-order valence-electron chi connectivity index (χ1n) is 13.6. The van der Waals surface area contributed by atoms with Crippen LogP contribution in [0.4, 0.5) is 0 Å². The Morgan fingerprint density at radius 3 is 1.41 bits per heavy atom. The van der Waals surface area contributed by atoms with Crippen molar-refractivity contribution in [1.82, 2.24) is 0 Å². The molecule has 1 saturated carbocycles. The van der Waals surface area contributed by atoms with Crippen LogP contribution < -0.4 is 0 Å². The SMILES string of the molecule is O=C(O[C@H]1C[C@@H](OC(=O)c2ccccc2)[C@H](OCc2ccccc2)[C@@H](OCc2ccccc2)[C@@H]1O)c1ccccc1. The fourth-order valence-corrected chi connectivity index (χ4v) is 4.84. The molecular formula is C34H32O7. The van der Waals surface area contributed by atoms with E-state index < -0.39 is 42.5 Å². The number of carbonyl (C=O) groups excluding carboxylic acids is 2. The number of esters is 2. The largest absolute Gasteiger partial charge is 0.456 e. The molecule has 0 heterocycles. The number of hydrogen-bond acceptors (Lipinski definition) is 7. The van der Waals surface area contributed by atoms with Crippen molar-refractivity contribution in [3.05, 3.63) is 144 Å². The van der Waals surface area contributed by atoms with Gasteiger partial charge in [0.2, 0.25) is 0 Å². The zero-order valence-electron chi connectivity index (χ0n) is 22.5. The molecule has 1 N–H and O–H groups in total. The Hall–Kier alpha value is -4.30. The lowest BCUT2D eigenvalue weighted by Crippen LogP contribution is -2.59. The Morgan fingerprint density at radius 2 is 0.951 bits per heavy atom. The van der Waals surface area contributed by atoms with Crippen LogP contribution in [0, 0.1) is 0 Å². The molecule has 0 unspecified atom stereocenters. The molecule has 7 heteroatoms. The van der Waals surface area contributed by atoms with Gasteiger partial charge in [-0.05, 0) is 35.4 Å². The Morgan fingerprint density at radius 1 is 0.561 bits per heavy atom. The Bertz CT molecular complexity index is 1380. The summed E-state index contributed by atoms with van der Waals surface area (Å²) in [6.45, 7) is 0.379. The number of aliphatic hydroxyl groups excluding tert-OH is 1. The van der Waals surface area contributed by atoms with Gasteiger partial charge in [-0.3, -0.25) is 0 Å². The van der Waals surface area contributed by atoms with Gasteiger partial charge in [0.05, 0.1) is 24.3 Å². The number of aliphatic hydroxyl groups is 1. The number of rotatable bonds is 10. The molecule has 0 aromatic heterocycles. The van der Waals surface area contributed by atoms with Crippen LogP contribution in [0.5, 0.6) is 0 Å². The molecule has 0 aliphatic heterocycles. The van der Waals surface area contributed by atoms with Crippen LogP contribution in [0.2, 0.25) is 0 Å². The minimum atomic E-state index is -1.24. The molecule has 0 spiro atoms. The average molecular weight is 553 g/mol. The van der Waals surface area contributed by atoms with Crippen LogP contribution >= 0.6 is 0 Å². The smallest absolute Gasteiger partial charge is 0.338 e. The van der Waals surface area contributed by atoms with Gasteiger partial charge in [0.25, 0.3) is 0 Å². The standard InChI is InChI=1S/C34H32O7/c35-30-28(40-33(36)26-17-9-3-10-18-26)21-29(41-34(37)27-19-11-4-12-20-27)31(38-22-24-13-5-1-6-14-24)32(30)39-23-25-15-7-2-8-16-25/h1-20,28-32,35H,21-23H2/t28-,29+,30+,31-,32-/m0/s1. The van der Waals surface area contributed by atoms with Gasteiger partial charge in [0.1, 0.15) is 30.5 Å². The van der Waals surface area contributed by atoms with Gasteiger partial charge >= 0.3 is 11.9 Å². The van der Waals surface area contributed by atoms with Gasteiger partial charge in [-0.15, -0.1) is 0 Å². The van der Waals surface area contributed by atoms with Crippen LogP contribution in [0.3, 0.4) is 0 Å². The lowest BCUT2D eigenvalue weighted by Gasteiger charge is -2.43. The number of hydrogen-bond donors (Lipinski definition) is 1. The van der Waals surface area contributed by atoms with Gasteiger partial charge in [-0.25, -0.2) is 9.59 Å². The quantitative estimate of drug-likeness (QED) is 0.265. The highest BCUT2D eigenvalue weighted by Gasteiger charge is 2.49. The molecule has 7 nitrogen and oxygen atoms in total. The Kier molecular flexibility index (Phi) is 9.54. The fourth-order valence-electron chi connectivity index (χ4n) is 4.84. The summed E-state index contributed by atoms with van der Waals surface area (Å²) < 4.78 is 24.3. The first kappa shape index (κ1) is 28.2. The molecule has 4 aromatic rings. The summed E-state index contributed by atoms with van der Waals surface area (Å²) >= 11 is 0. The molecule has 4 aromatic carbocycles. The molecule has 1 aliphatic carbocycles. The molecule has 1 fully saturated rings. The molecule has 0 radical (unpaired) electrons. The van der Waals surface area contributed by atoms with Crippen LogP contribution in [0.1, 0.15) is 38.3 Å². The molecule has 0 saturated heterocycles. The van der Waals surface area contributed by atoms with Crippen molar-refractivity contribution in [3.8, 4) is 0 Å². The van der Waals surface area contributed by atoms with Gasteiger partial charge in [0, 0.05) is 6.42 Å². The van der Waals surface area contributed by atoms with Crippen molar-refractivity contribution in [2.45, 2.75) is 50.2 Å². The van der Waals surface area contributed by atoms with E-state index in [0.29, 0.717) is 11.1 Å². The molecular weight excluding hydrogens is 520 g/mol. The maximum absolute atomic E-state index is 13.2. The summed E-state index contributed by atoms with van der Waals surface area (Å²) in [7, 11) is 0. The minimum absolute atomic E-state index is 0.0307. The van der Waals surface area contributed by atoms with Crippen molar-refractivity contribution < 1.29 is 33.6 Å². The van der Waals surface area contributed by atoms with Crippen molar-refractivity contribution in [2.24, 2.45) is 0 Å². The highest BCUT2D eigenvalue weighted by atomic mass is 16.6. The lowest BCUT2D eigenvalue weighted by molar-refractivity contribution is -0.216. The van der Waals surface area contributed by atoms with Gasteiger partial charge in [0.15, 0.2) is 0 Å². The van der Waals surface area contributed by atoms with E-state index in [1.165, 1.54) is 0 Å². The lowest BCUT2D eigenvalue weighted by atomic mass is 9.86. The number of benzene rings is 4. The predicted molar refractivity (Wildman–Crippen MR) is 152 cm³/mol. The second-order valence-corrected chi connectivity index (χ2v) is 9.87. The van der Waals surface area contributed by atoms with E-state index in [1.54, 1.807) is 54.6 Å². The van der Waals surface area contributed by atoms with Gasteiger partial charge in [-0.1, -0.05) is 97.1 Å². The molecule has 5 rings (SSSR count).